The van der Waals surface area contributed by atoms with Crippen molar-refractivity contribution in [1.29, 1.82) is 0 Å². The van der Waals surface area contributed by atoms with E-state index in [1.165, 1.54) is 0 Å². The summed E-state index contributed by atoms with van der Waals surface area (Å²) in [4.78, 5) is 45.6. The number of likely N-dealkylation sites (N-methyl/N-ethyl adjacent to an activating group) is 1. The Morgan fingerprint density at radius 2 is 1.43 bits per heavy atom. The van der Waals surface area contributed by atoms with Gasteiger partial charge in [0.2, 0.25) is 5.91 Å². The van der Waals surface area contributed by atoms with Gasteiger partial charge in [0, 0.05) is 45.2 Å². The standard InChI is InChI=1S/C39H54N6O6/c1-29-14-17-33(36(27-29)51-24-8-4-5-13-37(46)45-22-20-43(2)21-23-45)44(3)39(48)30-15-16-32(35(28-30)50-26-10-19-41)42-38(47)31-11-6-7-12-34(31)49-25-9-18-40/h6-7,11-12,14-17,27-28H,4-5,8-10,13,18-26,40-41H2,1-3H3,(H,42,47). The highest BCUT2D eigenvalue weighted by molar-refractivity contribution is 6.09. The number of nitrogens with zero attached hydrogens (tertiary/aromatic N) is 3. The van der Waals surface area contributed by atoms with Gasteiger partial charge < -0.3 is 45.7 Å². The van der Waals surface area contributed by atoms with Gasteiger partial charge in [-0.15, -0.1) is 0 Å². The first-order valence-corrected chi connectivity index (χ1v) is 17.9. The summed E-state index contributed by atoms with van der Waals surface area (Å²) in [5, 5.41) is 2.92. The van der Waals surface area contributed by atoms with Gasteiger partial charge in [0.1, 0.15) is 17.2 Å². The van der Waals surface area contributed by atoms with Crippen molar-refractivity contribution in [2.24, 2.45) is 11.5 Å². The van der Waals surface area contributed by atoms with Crippen molar-refractivity contribution in [3.05, 3.63) is 77.4 Å². The number of amides is 3. The van der Waals surface area contributed by atoms with E-state index in [0.717, 1.165) is 51.0 Å². The zero-order valence-corrected chi connectivity index (χ0v) is 30.3. The fraction of sp³-hybridized carbons (Fsp3) is 0.462. The molecular formula is C39H54N6O6. The molecule has 0 radical (unpaired) electrons. The Kier molecular flexibility index (Phi) is 15.6. The van der Waals surface area contributed by atoms with Crippen molar-refractivity contribution in [1.82, 2.24) is 9.80 Å². The smallest absolute Gasteiger partial charge is 0.259 e. The number of anilines is 2. The molecule has 0 aromatic heterocycles. The molecule has 12 heteroatoms. The minimum absolute atomic E-state index is 0.225. The third kappa shape index (κ3) is 11.7. The number of piperazine rings is 1. The van der Waals surface area contributed by atoms with Crippen LogP contribution in [0.4, 0.5) is 11.4 Å². The molecule has 0 atom stereocenters. The predicted molar refractivity (Wildman–Crippen MR) is 201 cm³/mol. The second-order valence-electron chi connectivity index (χ2n) is 12.8. The lowest BCUT2D eigenvalue weighted by Crippen LogP contribution is -2.47. The number of benzene rings is 3. The van der Waals surface area contributed by atoms with Crippen LogP contribution in [-0.2, 0) is 4.79 Å². The van der Waals surface area contributed by atoms with E-state index < -0.39 is 0 Å². The second-order valence-corrected chi connectivity index (χ2v) is 12.8. The van der Waals surface area contributed by atoms with Crippen LogP contribution < -0.4 is 35.9 Å². The summed E-state index contributed by atoms with van der Waals surface area (Å²) in [6, 6.07) is 17.7. The fourth-order valence-electron chi connectivity index (χ4n) is 5.65. The maximum Gasteiger partial charge on any atom is 0.259 e. The lowest BCUT2D eigenvalue weighted by Gasteiger charge is -2.32. The first kappa shape index (κ1) is 39.1. The Morgan fingerprint density at radius 1 is 0.765 bits per heavy atom. The molecule has 0 unspecified atom stereocenters. The van der Waals surface area contributed by atoms with E-state index in [0.29, 0.717) is 91.9 Å². The molecule has 0 spiro atoms. The zero-order chi connectivity index (χ0) is 36.6. The maximum absolute atomic E-state index is 13.9. The molecule has 12 nitrogen and oxygen atoms in total. The van der Waals surface area contributed by atoms with Crippen molar-refractivity contribution >= 4 is 29.1 Å². The van der Waals surface area contributed by atoms with E-state index in [2.05, 4.69) is 17.3 Å². The van der Waals surface area contributed by atoms with Gasteiger partial charge in [-0.1, -0.05) is 18.2 Å². The molecule has 5 N–H and O–H groups in total. The average molecular weight is 703 g/mol. The van der Waals surface area contributed by atoms with E-state index in [4.69, 9.17) is 25.7 Å². The van der Waals surface area contributed by atoms with Gasteiger partial charge >= 0.3 is 0 Å². The summed E-state index contributed by atoms with van der Waals surface area (Å²) in [7, 11) is 3.78. The number of hydrogen-bond donors (Lipinski definition) is 3. The number of rotatable bonds is 19. The van der Waals surface area contributed by atoms with Crippen LogP contribution in [0.1, 0.15) is 64.8 Å². The number of nitrogens with one attached hydrogen (secondary N) is 1. The van der Waals surface area contributed by atoms with Crippen molar-refractivity contribution < 1.29 is 28.6 Å². The summed E-state index contributed by atoms with van der Waals surface area (Å²) in [5.41, 5.74) is 14.1. The van der Waals surface area contributed by atoms with Gasteiger partial charge in [-0.05, 0) is 107 Å². The molecule has 4 rings (SSSR count). The van der Waals surface area contributed by atoms with E-state index in [1.54, 1.807) is 54.4 Å². The molecule has 3 aromatic carbocycles. The Morgan fingerprint density at radius 3 is 2.16 bits per heavy atom. The molecule has 0 aliphatic carbocycles. The van der Waals surface area contributed by atoms with Crippen LogP contribution in [0.25, 0.3) is 0 Å². The predicted octanol–water partition coefficient (Wildman–Crippen LogP) is 4.69. The zero-order valence-electron chi connectivity index (χ0n) is 30.3. The van der Waals surface area contributed by atoms with Crippen LogP contribution in [0.5, 0.6) is 17.2 Å². The van der Waals surface area contributed by atoms with Crippen molar-refractivity contribution in [2.75, 3.05) is 83.4 Å². The summed E-state index contributed by atoms with van der Waals surface area (Å²) in [5.74, 6) is 0.990. The number of carbonyl (C=O) groups is 3. The molecule has 3 aromatic rings. The van der Waals surface area contributed by atoms with Crippen LogP contribution in [0.15, 0.2) is 60.7 Å². The Hall–Kier alpha value is -4.65. The van der Waals surface area contributed by atoms with Crippen LogP contribution in [-0.4, -0.2) is 101 Å². The van der Waals surface area contributed by atoms with Crippen LogP contribution in [0.2, 0.25) is 0 Å². The summed E-state index contributed by atoms with van der Waals surface area (Å²) in [6.07, 6.45) is 4.29. The summed E-state index contributed by atoms with van der Waals surface area (Å²) >= 11 is 0. The van der Waals surface area contributed by atoms with Gasteiger partial charge in [0.15, 0.2) is 0 Å². The lowest BCUT2D eigenvalue weighted by atomic mass is 10.1. The minimum Gasteiger partial charge on any atom is -0.493 e. The van der Waals surface area contributed by atoms with E-state index in [1.807, 2.05) is 30.0 Å². The van der Waals surface area contributed by atoms with Crippen molar-refractivity contribution in [3.8, 4) is 17.2 Å². The molecule has 0 bridgehead atoms. The normalized spacial score (nSPS) is 13.1. The van der Waals surface area contributed by atoms with Crippen LogP contribution in [0.3, 0.4) is 0 Å². The first-order valence-electron chi connectivity index (χ1n) is 17.9. The second kappa shape index (κ2) is 20.3. The molecule has 1 saturated heterocycles. The highest BCUT2D eigenvalue weighted by atomic mass is 16.5. The molecule has 3 amide bonds. The van der Waals surface area contributed by atoms with Crippen molar-refractivity contribution in [3.63, 3.8) is 0 Å². The Labute approximate surface area is 302 Å². The maximum atomic E-state index is 13.9. The number of aryl methyl sites for hydroxylation is 1. The summed E-state index contributed by atoms with van der Waals surface area (Å²) < 4.78 is 18.0. The third-order valence-electron chi connectivity index (χ3n) is 8.75. The quantitative estimate of drug-likeness (QED) is 0.151. The Bertz CT molecular complexity index is 1590. The molecular weight excluding hydrogens is 648 g/mol. The average Bonchev–Trinajstić information content (AvgIpc) is 3.13. The number of unbranched alkanes of at least 4 members (excludes halogenated alkanes) is 2. The van der Waals surface area contributed by atoms with E-state index in [9.17, 15) is 14.4 Å². The largest absolute Gasteiger partial charge is 0.493 e. The summed E-state index contributed by atoms with van der Waals surface area (Å²) in [6.45, 7) is 7.50. The fourth-order valence-corrected chi connectivity index (χ4v) is 5.65. The van der Waals surface area contributed by atoms with Gasteiger partial charge in [-0.25, -0.2) is 0 Å². The van der Waals surface area contributed by atoms with Gasteiger partial charge in [-0.2, -0.15) is 0 Å². The molecule has 1 heterocycles. The van der Waals surface area contributed by atoms with Crippen LogP contribution in [0, 0.1) is 6.92 Å². The minimum atomic E-state index is -0.374. The van der Waals surface area contributed by atoms with Crippen molar-refractivity contribution in [2.45, 2.75) is 45.4 Å². The van der Waals surface area contributed by atoms with Gasteiger partial charge in [0.05, 0.1) is 36.8 Å². The number of nitrogens with two attached hydrogens (primary N) is 2. The van der Waals surface area contributed by atoms with Gasteiger partial charge in [-0.3, -0.25) is 14.4 Å². The van der Waals surface area contributed by atoms with Crippen LogP contribution >= 0.6 is 0 Å². The molecule has 276 valence electrons. The number of carbonyl (C=O) groups excluding carboxylic acids is 3. The number of para-hydroxylation sites is 1. The highest BCUT2D eigenvalue weighted by Crippen LogP contribution is 2.33. The number of hydrogen-bond acceptors (Lipinski definition) is 9. The van der Waals surface area contributed by atoms with Gasteiger partial charge in [0.25, 0.3) is 11.8 Å². The topological polar surface area (TPSA) is 153 Å². The lowest BCUT2D eigenvalue weighted by molar-refractivity contribution is -0.132. The highest BCUT2D eigenvalue weighted by Gasteiger charge is 2.22. The SMILES string of the molecule is Cc1ccc(N(C)C(=O)c2ccc(NC(=O)c3ccccc3OCCCN)c(OCCCN)c2)c(OCCCCCC(=O)N2CCN(C)CC2)c1. The Balaban J connectivity index is 1.40. The monoisotopic (exact) mass is 702 g/mol. The van der Waals surface area contributed by atoms with E-state index in [-0.39, 0.29) is 17.7 Å². The molecule has 0 saturated carbocycles. The molecule has 1 aliphatic heterocycles. The first-order chi connectivity index (χ1) is 24.7. The molecule has 1 aliphatic rings. The molecule has 51 heavy (non-hydrogen) atoms. The van der Waals surface area contributed by atoms with E-state index >= 15 is 0 Å². The number of ether oxygens (including phenoxy) is 3. The third-order valence-corrected chi connectivity index (χ3v) is 8.75. The molecule has 1 fully saturated rings.